The molecule has 3 aliphatic rings. The van der Waals surface area contributed by atoms with Gasteiger partial charge < -0.3 is 41.1 Å². The third kappa shape index (κ3) is 12.2. The van der Waals surface area contributed by atoms with E-state index in [9.17, 15) is 27.6 Å². The van der Waals surface area contributed by atoms with Gasteiger partial charge in [0.25, 0.3) is 5.91 Å². The predicted octanol–water partition coefficient (Wildman–Crippen LogP) is 4.70. The number of aryl methyl sites for hydroxylation is 2. The Balaban J connectivity index is 0.871. The van der Waals surface area contributed by atoms with E-state index in [1.165, 1.54) is 23.0 Å². The molecule has 5 aromatic rings. The average Bonchev–Trinajstić information content (AvgIpc) is 3.96. The van der Waals surface area contributed by atoms with Crippen LogP contribution in [0.3, 0.4) is 0 Å². The largest absolute Gasteiger partial charge is 0.492 e. The minimum absolute atomic E-state index is 0.0564. The second-order valence-corrected chi connectivity index (χ2v) is 24.9. The molecule has 0 radical (unpaired) electrons. The van der Waals surface area contributed by atoms with Gasteiger partial charge in [0.15, 0.2) is 15.7 Å². The molecule has 8 rings (SSSR count). The summed E-state index contributed by atoms with van der Waals surface area (Å²) in [7, 11) is -2.18. The molecule has 3 aromatic heterocycles. The van der Waals surface area contributed by atoms with E-state index in [0.29, 0.717) is 54.4 Å². The number of H-pyrrole nitrogens is 1. The smallest absolute Gasteiger partial charge is 0.271 e. The van der Waals surface area contributed by atoms with Crippen molar-refractivity contribution in [3.8, 4) is 5.75 Å². The summed E-state index contributed by atoms with van der Waals surface area (Å²) in [4.78, 5) is 79.8. The second kappa shape index (κ2) is 22.8. The standard InChI is InChI=1S/C54H74N14O7S/c1-32-33(2)64-65-47(32)63-48-38-26-44(76(73,74)54(7,8)9)43(27-40(38)58-31-59-48)75-24-14-19-66-20-22-67(23-21-66)45-29-56-41(28-57-45)50(70)60-36-25-42(51(71)61-39-18-13-16-35-15-11-12-17-37(35)39)68(30-36)52(72)46(53(4,5)6)62-49(69)34(3)55-10/h11-12,15,17,26-29,31,34,36,39,42,46,55H,13-14,16,18-25,30H2,1-10H3,(H,60,70)(H,61,71)(H,62,69)(H2,58,59,63,64,65)/t34-,36-,39+,42?,46+/m0/s1. The fourth-order valence-electron chi connectivity index (χ4n) is 9.88. The molecule has 2 aromatic carbocycles. The molecule has 76 heavy (non-hydrogen) atoms. The van der Waals surface area contributed by atoms with Crippen LogP contribution in [-0.4, -0.2) is 154 Å². The van der Waals surface area contributed by atoms with Gasteiger partial charge >= 0.3 is 0 Å². The molecular weight excluding hydrogens is 989 g/mol. The van der Waals surface area contributed by atoms with Gasteiger partial charge in [0.2, 0.25) is 17.7 Å². The first kappa shape index (κ1) is 55.5. The SMILES string of the molecule is CN[C@@H](C)C(=O)N[C@H](C(=O)N1C[C@@H](NC(=O)c2cnc(N3CCN(CCCOc4cc5ncnc(Nc6n[nH]c(C)c6C)c5cc4S(=O)(=O)C(C)(C)C)CC3)cn2)CC1C(=O)N[C@@H]1CCCc2ccccc21)C(C)(C)C. The van der Waals surface area contributed by atoms with Crippen LogP contribution in [-0.2, 0) is 30.6 Å². The number of aromatic nitrogens is 6. The normalized spacial score (nSPS) is 19.2. The Morgan fingerprint density at radius 3 is 2.34 bits per heavy atom. The van der Waals surface area contributed by atoms with E-state index in [1.807, 2.05) is 52.8 Å². The lowest BCUT2D eigenvalue weighted by molar-refractivity contribution is -0.144. The first-order chi connectivity index (χ1) is 36.0. The van der Waals surface area contributed by atoms with Gasteiger partial charge in [-0.3, -0.25) is 29.2 Å². The maximum atomic E-state index is 14.6. The van der Waals surface area contributed by atoms with Gasteiger partial charge in [-0.25, -0.2) is 28.4 Å². The number of hydrogen-bond acceptors (Lipinski definition) is 16. The number of likely N-dealkylation sites (tertiary alicyclic amines) is 1. The number of rotatable bonds is 17. The Bertz CT molecular complexity index is 3040. The third-order valence-electron chi connectivity index (χ3n) is 14.9. The number of sulfone groups is 1. The zero-order valence-electron chi connectivity index (χ0n) is 45.4. The Labute approximate surface area is 445 Å². The lowest BCUT2D eigenvalue weighted by Gasteiger charge is -2.36. The van der Waals surface area contributed by atoms with Crippen LogP contribution < -0.4 is 36.2 Å². The Hall–Kier alpha value is -6.78. The van der Waals surface area contributed by atoms with Crippen molar-refractivity contribution in [1.82, 2.24) is 61.2 Å². The van der Waals surface area contributed by atoms with Gasteiger partial charge in [-0.05, 0) is 103 Å². The maximum absolute atomic E-state index is 14.6. The summed E-state index contributed by atoms with van der Waals surface area (Å²) in [5.41, 5.74) is 4.00. The van der Waals surface area contributed by atoms with Crippen molar-refractivity contribution in [2.75, 3.05) is 63.1 Å². The fraction of sp³-hybridized carbons (Fsp3) is 0.537. The number of carbonyl (C=O) groups is 4. The molecule has 5 heterocycles. The number of amides is 4. The van der Waals surface area contributed by atoms with Gasteiger partial charge in [0.1, 0.15) is 46.4 Å². The number of likely N-dealkylation sites (N-methyl/N-ethyl adjacent to an activating group) is 1. The number of carbonyl (C=O) groups excluding carboxylic acids is 4. The molecule has 1 unspecified atom stereocenters. The van der Waals surface area contributed by atoms with Gasteiger partial charge in [0.05, 0.1) is 41.3 Å². The predicted molar refractivity (Wildman–Crippen MR) is 290 cm³/mol. The Morgan fingerprint density at radius 1 is 0.921 bits per heavy atom. The minimum Gasteiger partial charge on any atom is -0.492 e. The first-order valence-electron chi connectivity index (χ1n) is 26.2. The molecule has 408 valence electrons. The van der Waals surface area contributed by atoms with Crippen LogP contribution in [0.25, 0.3) is 10.9 Å². The van der Waals surface area contributed by atoms with Crippen LogP contribution in [0.4, 0.5) is 17.5 Å². The summed E-state index contributed by atoms with van der Waals surface area (Å²) in [6.45, 7) is 20.0. The summed E-state index contributed by atoms with van der Waals surface area (Å²) in [6, 6.07) is 8.12. The number of anilines is 3. The van der Waals surface area contributed by atoms with E-state index in [4.69, 9.17) is 4.74 Å². The van der Waals surface area contributed by atoms with Crippen LogP contribution in [0.1, 0.15) is 113 Å². The van der Waals surface area contributed by atoms with E-state index in [2.05, 4.69) is 72.6 Å². The highest BCUT2D eigenvalue weighted by Gasteiger charge is 2.46. The molecule has 0 bridgehead atoms. The van der Waals surface area contributed by atoms with Crippen molar-refractivity contribution in [3.05, 3.63) is 83.2 Å². The lowest BCUT2D eigenvalue weighted by Crippen LogP contribution is -2.59. The summed E-state index contributed by atoms with van der Waals surface area (Å²) < 4.78 is 33.1. The molecule has 2 aliphatic heterocycles. The van der Waals surface area contributed by atoms with Crippen LogP contribution in [0.15, 0.2) is 60.0 Å². The Kier molecular flexibility index (Phi) is 16.7. The van der Waals surface area contributed by atoms with E-state index in [-0.39, 0.29) is 53.8 Å². The molecule has 21 nitrogen and oxygen atoms in total. The van der Waals surface area contributed by atoms with E-state index < -0.39 is 56.0 Å². The molecule has 2 saturated heterocycles. The third-order valence-corrected chi connectivity index (χ3v) is 17.4. The zero-order chi connectivity index (χ0) is 54.7. The van der Waals surface area contributed by atoms with E-state index >= 15 is 0 Å². The van der Waals surface area contributed by atoms with Gasteiger partial charge in [-0.1, -0.05) is 45.0 Å². The fourth-order valence-corrected chi connectivity index (χ4v) is 11.2. The van der Waals surface area contributed by atoms with Crippen molar-refractivity contribution in [1.29, 1.82) is 0 Å². The summed E-state index contributed by atoms with van der Waals surface area (Å²) in [6.07, 6.45) is 7.86. The molecule has 0 saturated carbocycles. The number of benzene rings is 2. The van der Waals surface area contributed by atoms with Crippen molar-refractivity contribution in [2.24, 2.45) is 5.41 Å². The van der Waals surface area contributed by atoms with Crippen molar-refractivity contribution in [2.45, 2.75) is 134 Å². The van der Waals surface area contributed by atoms with E-state index in [0.717, 1.165) is 49.2 Å². The average molecular weight is 1060 g/mol. The number of nitrogens with one attached hydrogen (secondary N) is 6. The molecule has 5 atom stereocenters. The molecule has 6 N–H and O–H groups in total. The van der Waals surface area contributed by atoms with E-state index in [1.54, 1.807) is 53.1 Å². The summed E-state index contributed by atoms with van der Waals surface area (Å²) in [5.74, 6) is 0.344. The van der Waals surface area contributed by atoms with Crippen LogP contribution in [0.2, 0.25) is 0 Å². The number of hydrogen-bond donors (Lipinski definition) is 6. The van der Waals surface area contributed by atoms with Crippen LogP contribution in [0.5, 0.6) is 5.75 Å². The summed E-state index contributed by atoms with van der Waals surface area (Å²) >= 11 is 0. The zero-order valence-corrected chi connectivity index (χ0v) is 46.2. The van der Waals surface area contributed by atoms with Crippen LogP contribution >= 0.6 is 0 Å². The minimum atomic E-state index is -3.85. The van der Waals surface area contributed by atoms with Gasteiger partial charge in [0, 0.05) is 68.0 Å². The number of aromatic amines is 1. The van der Waals surface area contributed by atoms with Crippen molar-refractivity contribution < 1.29 is 32.3 Å². The first-order valence-corrected chi connectivity index (χ1v) is 27.7. The quantitative estimate of drug-likeness (QED) is 0.0690. The van der Waals surface area contributed by atoms with Crippen LogP contribution in [0, 0.1) is 19.3 Å². The number of piperazine rings is 1. The van der Waals surface area contributed by atoms with Gasteiger partial charge in [-0.15, -0.1) is 0 Å². The molecule has 0 spiro atoms. The van der Waals surface area contributed by atoms with Gasteiger partial charge in [-0.2, -0.15) is 5.10 Å². The summed E-state index contributed by atoms with van der Waals surface area (Å²) in [5, 5.41) is 23.1. The highest BCUT2D eigenvalue weighted by atomic mass is 32.2. The topological polar surface area (TPSA) is 262 Å². The lowest BCUT2D eigenvalue weighted by atomic mass is 9.85. The number of nitrogens with zero attached hydrogens (tertiary/aromatic N) is 8. The molecule has 2 fully saturated rings. The molecule has 4 amide bonds. The number of fused-ring (bicyclic) bond motifs is 2. The van der Waals surface area contributed by atoms with Crippen molar-refractivity contribution >= 4 is 61.8 Å². The Morgan fingerprint density at radius 2 is 1.67 bits per heavy atom. The maximum Gasteiger partial charge on any atom is 0.271 e. The molecule has 22 heteroatoms. The molecule has 1 aliphatic carbocycles. The highest BCUT2D eigenvalue weighted by Crippen LogP contribution is 2.38. The highest BCUT2D eigenvalue weighted by molar-refractivity contribution is 7.92. The second-order valence-electron chi connectivity index (χ2n) is 22.3. The molecular formula is C54H74N14O7S. The number of ether oxygens (including phenoxy) is 1. The van der Waals surface area contributed by atoms with Crippen molar-refractivity contribution in [3.63, 3.8) is 0 Å². The monoisotopic (exact) mass is 1060 g/mol.